The van der Waals surface area contributed by atoms with Crippen molar-refractivity contribution < 1.29 is 14.3 Å². The first-order chi connectivity index (χ1) is 9.24. The maximum Gasteiger partial charge on any atom is 0.325 e. The van der Waals surface area contributed by atoms with E-state index in [0.29, 0.717) is 12.2 Å². The number of carbonyl (C=O) groups excluding carboxylic acids is 2. The molecule has 4 heteroatoms. The Balaban J connectivity index is 2.11. The van der Waals surface area contributed by atoms with E-state index in [9.17, 15) is 9.59 Å². The molecule has 4 nitrogen and oxygen atoms in total. The Hall–Kier alpha value is -2.10. The van der Waals surface area contributed by atoms with Gasteiger partial charge in [0, 0.05) is 17.3 Å². The Kier molecular flexibility index (Phi) is 4.34. The van der Waals surface area contributed by atoms with Crippen LogP contribution in [0.5, 0.6) is 0 Å². The van der Waals surface area contributed by atoms with Gasteiger partial charge in [0.1, 0.15) is 12.8 Å². The summed E-state index contributed by atoms with van der Waals surface area (Å²) < 4.78 is 6.93. The van der Waals surface area contributed by atoms with Crippen molar-refractivity contribution in [3.63, 3.8) is 0 Å². The Morgan fingerprint density at radius 1 is 1.37 bits per heavy atom. The third kappa shape index (κ3) is 3.22. The molecule has 0 bridgehead atoms. The van der Waals surface area contributed by atoms with E-state index in [1.54, 1.807) is 16.7 Å². The van der Waals surface area contributed by atoms with Gasteiger partial charge in [0.2, 0.25) is 0 Å². The van der Waals surface area contributed by atoms with Crippen LogP contribution in [0.15, 0.2) is 30.5 Å². The predicted molar refractivity (Wildman–Crippen MR) is 73.2 cm³/mol. The van der Waals surface area contributed by atoms with Crippen LogP contribution in [0.1, 0.15) is 30.1 Å². The second-order valence-corrected chi connectivity index (χ2v) is 4.45. The van der Waals surface area contributed by atoms with Crippen molar-refractivity contribution >= 4 is 23.2 Å². The van der Waals surface area contributed by atoms with Gasteiger partial charge in [-0.05, 0) is 23.9 Å². The summed E-state index contributed by atoms with van der Waals surface area (Å²) in [5.74, 6) is -0.248. The monoisotopic (exact) mass is 259 g/mol. The molecule has 0 aliphatic carbocycles. The normalized spacial score (nSPS) is 10.6. The SMILES string of the molecule is CCCCOC(=O)Cn1ccc2ccc(C=O)cc21. The topological polar surface area (TPSA) is 48.3 Å². The van der Waals surface area contributed by atoms with Crippen molar-refractivity contribution in [1.29, 1.82) is 0 Å². The van der Waals surface area contributed by atoms with Gasteiger partial charge in [-0.25, -0.2) is 0 Å². The minimum atomic E-state index is -0.248. The molecular formula is C15H17NO3. The van der Waals surface area contributed by atoms with E-state index in [2.05, 4.69) is 0 Å². The van der Waals surface area contributed by atoms with E-state index in [-0.39, 0.29) is 12.5 Å². The number of aldehydes is 1. The van der Waals surface area contributed by atoms with Crippen LogP contribution in [0.3, 0.4) is 0 Å². The highest BCUT2D eigenvalue weighted by Gasteiger charge is 2.07. The minimum Gasteiger partial charge on any atom is -0.464 e. The maximum atomic E-state index is 11.7. The van der Waals surface area contributed by atoms with E-state index < -0.39 is 0 Å². The van der Waals surface area contributed by atoms with Gasteiger partial charge in [-0.15, -0.1) is 0 Å². The molecule has 19 heavy (non-hydrogen) atoms. The summed E-state index contributed by atoms with van der Waals surface area (Å²) in [6.07, 6.45) is 4.52. The minimum absolute atomic E-state index is 0.176. The fraction of sp³-hybridized carbons (Fsp3) is 0.333. The van der Waals surface area contributed by atoms with Crippen LogP contribution in [0.25, 0.3) is 10.9 Å². The Labute approximate surface area is 112 Å². The highest BCUT2D eigenvalue weighted by atomic mass is 16.5. The molecule has 1 aromatic carbocycles. The van der Waals surface area contributed by atoms with E-state index >= 15 is 0 Å². The maximum absolute atomic E-state index is 11.7. The molecule has 2 rings (SSSR count). The molecule has 0 spiro atoms. The number of fused-ring (bicyclic) bond motifs is 1. The molecule has 100 valence electrons. The molecular weight excluding hydrogens is 242 g/mol. The molecule has 0 saturated heterocycles. The number of ether oxygens (including phenoxy) is 1. The Morgan fingerprint density at radius 2 is 2.21 bits per heavy atom. The molecule has 0 aliphatic rings. The highest BCUT2D eigenvalue weighted by Crippen LogP contribution is 2.17. The molecule has 1 aromatic heterocycles. The van der Waals surface area contributed by atoms with E-state index in [4.69, 9.17) is 4.74 Å². The summed E-state index contributed by atoms with van der Waals surface area (Å²) in [6, 6.07) is 7.34. The van der Waals surface area contributed by atoms with Gasteiger partial charge in [0.05, 0.1) is 6.61 Å². The average Bonchev–Trinajstić information content (AvgIpc) is 2.81. The summed E-state index contributed by atoms with van der Waals surface area (Å²) in [6.45, 7) is 2.69. The summed E-state index contributed by atoms with van der Waals surface area (Å²) in [5, 5.41) is 1.01. The van der Waals surface area contributed by atoms with Crippen molar-refractivity contribution in [2.75, 3.05) is 6.61 Å². The smallest absolute Gasteiger partial charge is 0.325 e. The number of esters is 1. The molecule has 2 aromatic rings. The van der Waals surface area contributed by atoms with Gasteiger partial charge in [-0.2, -0.15) is 0 Å². The van der Waals surface area contributed by atoms with Gasteiger partial charge in [-0.1, -0.05) is 25.5 Å². The third-order valence-corrected chi connectivity index (χ3v) is 2.99. The number of nitrogens with zero attached hydrogens (tertiary/aromatic N) is 1. The van der Waals surface area contributed by atoms with E-state index in [1.165, 1.54) is 0 Å². The molecule has 0 saturated carbocycles. The van der Waals surface area contributed by atoms with Crippen LogP contribution in [0.4, 0.5) is 0 Å². The lowest BCUT2D eigenvalue weighted by molar-refractivity contribution is -0.144. The van der Waals surface area contributed by atoms with Crippen LogP contribution in [0.2, 0.25) is 0 Å². The van der Waals surface area contributed by atoms with Gasteiger partial charge in [-0.3, -0.25) is 9.59 Å². The number of hydrogen-bond acceptors (Lipinski definition) is 3. The number of hydrogen-bond donors (Lipinski definition) is 0. The molecule has 1 heterocycles. The van der Waals surface area contributed by atoms with Crippen LogP contribution in [0, 0.1) is 0 Å². The van der Waals surface area contributed by atoms with E-state index in [0.717, 1.165) is 30.0 Å². The van der Waals surface area contributed by atoms with Gasteiger partial charge >= 0.3 is 5.97 Å². The van der Waals surface area contributed by atoms with Crippen LogP contribution in [-0.2, 0) is 16.1 Å². The molecule has 0 unspecified atom stereocenters. The molecule has 0 aliphatic heterocycles. The standard InChI is InChI=1S/C15H17NO3/c1-2-3-8-19-15(18)10-16-7-6-13-5-4-12(11-17)9-14(13)16/h4-7,9,11H,2-3,8,10H2,1H3. The third-order valence-electron chi connectivity index (χ3n) is 2.99. The van der Waals surface area contributed by atoms with Crippen molar-refractivity contribution in [3.05, 3.63) is 36.0 Å². The molecule has 0 radical (unpaired) electrons. The lowest BCUT2D eigenvalue weighted by atomic mass is 10.2. The number of aromatic nitrogens is 1. The van der Waals surface area contributed by atoms with Crippen LogP contribution >= 0.6 is 0 Å². The van der Waals surface area contributed by atoms with Crippen molar-refractivity contribution in [3.8, 4) is 0 Å². The van der Waals surface area contributed by atoms with Gasteiger partial charge in [0.25, 0.3) is 0 Å². The first-order valence-corrected chi connectivity index (χ1v) is 6.44. The number of benzene rings is 1. The second kappa shape index (κ2) is 6.18. The first kappa shape index (κ1) is 13.3. The lowest BCUT2D eigenvalue weighted by Gasteiger charge is -2.06. The Bertz CT molecular complexity index is 586. The quantitative estimate of drug-likeness (QED) is 0.455. The summed E-state index contributed by atoms with van der Waals surface area (Å²) >= 11 is 0. The van der Waals surface area contributed by atoms with Crippen LogP contribution in [-0.4, -0.2) is 23.4 Å². The largest absolute Gasteiger partial charge is 0.464 e. The summed E-state index contributed by atoms with van der Waals surface area (Å²) in [7, 11) is 0. The fourth-order valence-corrected chi connectivity index (χ4v) is 1.93. The first-order valence-electron chi connectivity index (χ1n) is 6.44. The zero-order valence-electron chi connectivity index (χ0n) is 11.0. The van der Waals surface area contributed by atoms with Crippen molar-refractivity contribution in [2.24, 2.45) is 0 Å². The number of unbranched alkanes of at least 4 members (excludes halogenated alkanes) is 1. The highest BCUT2D eigenvalue weighted by molar-refractivity contribution is 5.88. The van der Waals surface area contributed by atoms with Crippen molar-refractivity contribution in [1.82, 2.24) is 4.57 Å². The Morgan fingerprint density at radius 3 is 2.95 bits per heavy atom. The fourth-order valence-electron chi connectivity index (χ4n) is 1.93. The van der Waals surface area contributed by atoms with Crippen LogP contribution < -0.4 is 0 Å². The van der Waals surface area contributed by atoms with Gasteiger partial charge < -0.3 is 9.30 Å². The number of rotatable bonds is 6. The zero-order chi connectivity index (χ0) is 13.7. The average molecular weight is 259 g/mol. The van der Waals surface area contributed by atoms with E-state index in [1.807, 2.05) is 25.3 Å². The predicted octanol–water partition coefficient (Wildman–Crippen LogP) is 2.80. The zero-order valence-corrected chi connectivity index (χ0v) is 11.0. The van der Waals surface area contributed by atoms with Gasteiger partial charge in [0.15, 0.2) is 0 Å². The second-order valence-electron chi connectivity index (χ2n) is 4.45. The number of carbonyl (C=O) groups is 2. The lowest BCUT2D eigenvalue weighted by Crippen LogP contribution is -2.13. The molecule has 0 atom stereocenters. The van der Waals surface area contributed by atoms with Crippen molar-refractivity contribution in [2.45, 2.75) is 26.3 Å². The molecule has 0 amide bonds. The summed E-state index contributed by atoms with van der Waals surface area (Å²) in [4.78, 5) is 22.4. The molecule has 0 fully saturated rings. The molecule has 0 N–H and O–H groups in total. The summed E-state index contributed by atoms with van der Waals surface area (Å²) in [5.41, 5.74) is 1.48.